The number of halogens is 1. The van der Waals surface area contributed by atoms with E-state index in [0.717, 1.165) is 28.1 Å². The molecule has 0 unspecified atom stereocenters. The molecule has 0 radical (unpaired) electrons. The van der Waals surface area contributed by atoms with E-state index >= 15 is 0 Å². The Balaban J connectivity index is 1.46. The number of hydrogen-bond acceptors (Lipinski definition) is 4. The minimum atomic E-state index is -1.05. The zero-order valence-corrected chi connectivity index (χ0v) is 30.7. The van der Waals surface area contributed by atoms with Crippen LogP contribution in [-0.2, 0) is 17.9 Å². The molecule has 7 nitrogen and oxygen atoms in total. The van der Waals surface area contributed by atoms with Crippen LogP contribution in [0.25, 0.3) is 22.4 Å². The van der Waals surface area contributed by atoms with Crippen LogP contribution < -0.4 is 5.32 Å². The average Bonchev–Trinajstić information content (AvgIpc) is 3.46. The van der Waals surface area contributed by atoms with Crippen molar-refractivity contribution in [3.63, 3.8) is 0 Å². The molecule has 0 saturated carbocycles. The van der Waals surface area contributed by atoms with Crippen LogP contribution in [0.15, 0.2) is 115 Å². The van der Waals surface area contributed by atoms with Crippen LogP contribution in [0.5, 0.6) is 0 Å². The van der Waals surface area contributed by atoms with Gasteiger partial charge in [-0.15, -0.1) is 0 Å². The molecule has 272 valence electrons. The number of amides is 2. The van der Waals surface area contributed by atoms with Crippen LogP contribution >= 0.6 is 0 Å². The minimum absolute atomic E-state index is 0.00607. The Kier molecular flexibility index (Phi) is 12.5. The van der Waals surface area contributed by atoms with Crippen LogP contribution in [0.4, 0.5) is 10.1 Å². The van der Waals surface area contributed by atoms with Gasteiger partial charge in [0.2, 0.25) is 5.91 Å². The molecule has 0 bridgehead atoms. The normalized spacial score (nSPS) is 12.8. The first-order valence-electron chi connectivity index (χ1n) is 18.0. The van der Waals surface area contributed by atoms with Gasteiger partial charge in [0, 0.05) is 35.6 Å². The van der Waals surface area contributed by atoms with Gasteiger partial charge in [0.25, 0.3) is 5.91 Å². The highest BCUT2D eigenvalue weighted by atomic mass is 19.1. The molecule has 2 atom stereocenters. The maximum atomic E-state index is 14.3. The van der Waals surface area contributed by atoms with Crippen molar-refractivity contribution in [2.24, 2.45) is 0 Å². The van der Waals surface area contributed by atoms with Crippen molar-refractivity contribution in [1.82, 2.24) is 9.47 Å². The summed E-state index contributed by atoms with van der Waals surface area (Å²) in [7, 11) is 0. The Morgan fingerprint density at radius 2 is 1.37 bits per heavy atom. The van der Waals surface area contributed by atoms with Crippen molar-refractivity contribution in [1.29, 1.82) is 0 Å². The van der Waals surface area contributed by atoms with Crippen molar-refractivity contribution in [2.75, 3.05) is 5.32 Å². The Morgan fingerprint density at radius 3 is 1.94 bits per heavy atom. The van der Waals surface area contributed by atoms with Crippen molar-refractivity contribution in [3.05, 3.63) is 138 Å². The van der Waals surface area contributed by atoms with Crippen LogP contribution in [0.3, 0.4) is 0 Å². The third-order valence-electron chi connectivity index (χ3n) is 9.22. The number of anilines is 1. The SMILES string of the molecule is CC(C)c1c(C(=O)Nc2ccccc2)c(-c2ccccc2)c(-c2ccc(F)cc2)n1CC[C@@H](O)C[C@@H](O)CC(=O)N(Cc1ccccc1)C(C)(C)C. The number of aromatic nitrogens is 1. The second kappa shape index (κ2) is 17.0. The summed E-state index contributed by atoms with van der Waals surface area (Å²) in [6.45, 7) is 10.7. The zero-order chi connectivity index (χ0) is 37.4. The number of rotatable bonds is 14. The largest absolute Gasteiger partial charge is 0.393 e. The number of nitrogens with one attached hydrogen (secondary N) is 1. The molecule has 2 amide bonds. The van der Waals surface area contributed by atoms with Gasteiger partial charge in [-0.25, -0.2) is 4.39 Å². The van der Waals surface area contributed by atoms with Gasteiger partial charge in [-0.3, -0.25) is 9.59 Å². The number of aliphatic hydroxyl groups excluding tert-OH is 2. The van der Waals surface area contributed by atoms with E-state index in [1.807, 2.05) is 126 Å². The summed E-state index contributed by atoms with van der Waals surface area (Å²) >= 11 is 0. The Bertz CT molecular complexity index is 1920. The molecule has 0 fully saturated rings. The molecule has 4 aromatic carbocycles. The maximum Gasteiger partial charge on any atom is 0.258 e. The number of hydrogen-bond donors (Lipinski definition) is 3. The maximum absolute atomic E-state index is 14.3. The summed E-state index contributed by atoms with van der Waals surface area (Å²) in [5.74, 6) is -0.948. The molecule has 0 saturated heterocycles. The smallest absolute Gasteiger partial charge is 0.258 e. The Morgan fingerprint density at radius 1 is 0.788 bits per heavy atom. The number of aliphatic hydroxyl groups is 2. The standard InChI is InChI=1S/C44H50FN3O4/c1-30(2)41-40(43(52)46-35-19-13-8-14-20-35)39(32-17-11-7-12-18-32)42(33-21-23-34(45)24-22-33)47(41)26-25-36(49)27-37(50)28-38(51)48(44(3,4)5)29-31-15-9-6-10-16-31/h6-24,30,36-37,49-50H,25-29H2,1-5H3,(H,46,52)/t36-,37-/m1/s1. The molecule has 0 aliphatic heterocycles. The fourth-order valence-electron chi connectivity index (χ4n) is 6.78. The van der Waals surface area contributed by atoms with Crippen LogP contribution in [0.1, 0.15) is 81.4 Å². The molecule has 5 rings (SSSR count). The lowest BCUT2D eigenvalue weighted by atomic mass is 9.94. The summed E-state index contributed by atoms with van der Waals surface area (Å²) in [5, 5.41) is 25.5. The number of carbonyl (C=O) groups is 2. The first-order valence-corrected chi connectivity index (χ1v) is 18.0. The lowest BCUT2D eigenvalue weighted by Gasteiger charge is -2.36. The fourth-order valence-corrected chi connectivity index (χ4v) is 6.78. The first-order chi connectivity index (χ1) is 24.8. The van der Waals surface area contributed by atoms with E-state index in [4.69, 9.17) is 0 Å². The Labute approximate surface area is 306 Å². The third-order valence-corrected chi connectivity index (χ3v) is 9.22. The van der Waals surface area contributed by atoms with Gasteiger partial charge in [0.05, 0.1) is 29.9 Å². The molecule has 5 aromatic rings. The second-order valence-electron chi connectivity index (χ2n) is 14.7. The highest BCUT2D eigenvalue weighted by Crippen LogP contribution is 2.42. The zero-order valence-electron chi connectivity index (χ0n) is 30.7. The lowest BCUT2D eigenvalue weighted by molar-refractivity contribution is -0.139. The van der Waals surface area contributed by atoms with Gasteiger partial charge >= 0.3 is 0 Å². The van der Waals surface area contributed by atoms with Gasteiger partial charge < -0.3 is 25.0 Å². The summed E-state index contributed by atoms with van der Waals surface area (Å²) in [6, 6.07) is 34.9. The molecule has 3 N–H and O–H groups in total. The summed E-state index contributed by atoms with van der Waals surface area (Å²) in [4.78, 5) is 29.6. The van der Waals surface area contributed by atoms with Crippen molar-refractivity contribution in [2.45, 2.75) is 90.6 Å². The molecule has 0 spiro atoms. The number of para-hydroxylation sites is 1. The average molecular weight is 704 g/mol. The molecule has 52 heavy (non-hydrogen) atoms. The third kappa shape index (κ3) is 9.43. The lowest BCUT2D eigenvalue weighted by Crippen LogP contribution is -2.46. The fraction of sp³-hybridized carbons (Fsp3) is 0.318. The Hall–Kier alpha value is -5.05. The molecule has 0 aliphatic carbocycles. The van der Waals surface area contributed by atoms with E-state index in [-0.39, 0.29) is 42.8 Å². The first kappa shape index (κ1) is 38.2. The van der Waals surface area contributed by atoms with Gasteiger partial charge in [-0.1, -0.05) is 92.7 Å². The van der Waals surface area contributed by atoms with E-state index < -0.39 is 17.7 Å². The van der Waals surface area contributed by atoms with Crippen LogP contribution in [0, 0.1) is 5.82 Å². The van der Waals surface area contributed by atoms with Crippen LogP contribution in [-0.4, -0.2) is 49.2 Å². The monoisotopic (exact) mass is 703 g/mol. The van der Waals surface area contributed by atoms with Crippen molar-refractivity contribution < 1.29 is 24.2 Å². The van der Waals surface area contributed by atoms with Gasteiger partial charge in [-0.2, -0.15) is 0 Å². The minimum Gasteiger partial charge on any atom is -0.393 e. The molecule has 1 heterocycles. The van der Waals surface area contributed by atoms with Crippen molar-refractivity contribution >= 4 is 17.5 Å². The predicted molar refractivity (Wildman–Crippen MR) is 206 cm³/mol. The number of benzene rings is 4. The summed E-state index contributed by atoms with van der Waals surface area (Å²) in [6.07, 6.45) is -1.86. The molecule has 1 aromatic heterocycles. The van der Waals surface area contributed by atoms with E-state index in [1.165, 1.54) is 12.1 Å². The molecular weight excluding hydrogens is 653 g/mol. The predicted octanol–water partition coefficient (Wildman–Crippen LogP) is 9.06. The van der Waals surface area contributed by atoms with Crippen molar-refractivity contribution in [3.8, 4) is 22.4 Å². The summed E-state index contributed by atoms with van der Waals surface area (Å²) in [5.41, 5.74) is 5.46. The number of nitrogens with zero attached hydrogens (tertiary/aromatic N) is 2. The molecular formula is C44H50FN3O4. The molecule has 8 heteroatoms. The highest BCUT2D eigenvalue weighted by molar-refractivity contribution is 6.12. The summed E-state index contributed by atoms with van der Waals surface area (Å²) < 4.78 is 16.3. The number of carbonyl (C=O) groups excluding carboxylic acids is 2. The van der Waals surface area contributed by atoms with E-state index in [1.54, 1.807) is 17.0 Å². The van der Waals surface area contributed by atoms with Gasteiger partial charge in [-0.05, 0) is 92.6 Å². The van der Waals surface area contributed by atoms with E-state index in [0.29, 0.717) is 29.9 Å². The highest BCUT2D eigenvalue weighted by Gasteiger charge is 2.32. The topological polar surface area (TPSA) is 94.8 Å². The van der Waals surface area contributed by atoms with Gasteiger partial charge in [0.1, 0.15) is 5.82 Å². The molecule has 0 aliphatic rings. The quantitative estimate of drug-likeness (QED) is 0.108. The van der Waals surface area contributed by atoms with Gasteiger partial charge in [0.15, 0.2) is 0 Å². The van der Waals surface area contributed by atoms with Crippen LogP contribution in [0.2, 0.25) is 0 Å². The van der Waals surface area contributed by atoms with E-state index in [2.05, 4.69) is 9.88 Å². The second-order valence-corrected chi connectivity index (χ2v) is 14.7. The van der Waals surface area contributed by atoms with E-state index in [9.17, 15) is 24.2 Å².